The molecule has 0 heterocycles. The molecule has 6 nitrogen and oxygen atoms in total. The number of hydrogen-bond donors (Lipinski definition) is 3. The van der Waals surface area contributed by atoms with Gasteiger partial charge >= 0.3 is 11.9 Å². The smallest absolute Gasteiger partial charge is 0.331 e. The SMILES string of the molecule is CC1(C)CC[C@]2(C(=O)O)CC[C@]3(C)C(=CCC4[C@@]5(C)CC[C@H](OC(=O)/C=C/c6ccc(O)c(O)c6)C(C)(C)C5CC[C@]43C)C2C1. The maximum atomic E-state index is 13.0. The average molecular weight is 619 g/mol. The fourth-order valence-electron chi connectivity index (χ4n) is 11.8. The summed E-state index contributed by atoms with van der Waals surface area (Å²) in [6.45, 7) is 16.8. The van der Waals surface area contributed by atoms with Crippen LogP contribution in [0.3, 0.4) is 0 Å². The van der Waals surface area contributed by atoms with Gasteiger partial charge in [0.05, 0.1) is 5.41 Å². The predicted octanol–water partition coefficient (Wildman–Crippen LogP) is 8.91. The Hall–Kier alpha value is -2.76. The van der Waals surface area contributed by atoms with E-state index in [0.717, 1.165) is 64.2 Å². The standard InChI is InChI=1S/C39H54O6/c1-34(2)18-20-39(33(43)44)21-19-37(6)25(26(39)23-34)10-12-30-36(5)16-15-31(35(3,4)29(36)14-17-38(30,37)7)45-32(42)13-9-24-8-11-27(40)28(41)22-24/h8-11,13,22,26,29-31,40-41H,12,14-21,23H2,1-7H3,(H,43,44)/b13-9+/t26?,29?,30?,31-,36-,37+,38+,39-/m0/s1. The first kappa shape index (κ1) is 32.2. The zero-order valence-corrected chi connectivity index (χ0v) is 28.4. The van der Waals surface area contributed by atoms with E-state index in [0.29, 0.717) is 17.4 Å². The minimum Gasteiger partial charge on any atom is -0.504 e. The second-order valence-corrected chi connectivity index (χ2v) is 17.5. The van der Waals surface area contributed by atoms with Crippen LogP contribution < -0.4 is 0 Å². The maximum Gasteiger partial charge on any atom is 0.331 e. The molecular formula is C39H54O6. The van der Waals surface area contributed by atoms with E-state index >= 15 is 0 Å². The number of phenolic OH excluding ortho intramolecular Hbond substituents is 2. The molecule has 4 fully saturated rings. The van der Waals surface area contributed by atoms with Crippen LogP contribution in [0.15, 0.2) is 35.9 Å². The molecule has 1 aromatic carbocycles. The minimum absolute atomic E-state index is 0.0121. The summed E-state index contributed by atoms with van der Waals surface area (Å²) in [6.07, 6.45) is 14.8. The molecule has 3 N–H and O–H groups in total. The molecule has 246 valence electrons. The van der Waals surface area contributed by atoms with Gasteiger partial charge in [-0.1, -0.05) is 66.2 Å². The van der Waals surface area contributed by atoms with Crippen LogP contribution in [0.4, 0.5) is 0 Å². The summed E-state index contributed by atoms with van der Waals surface area (Å²) in [5, 5.41) is 30.0. The van der Waals surface area contributed by atoms with Crippen LogP contribution in [-0.2, 0) is 14.3 Å². The number of allylic oxidation sites excluding steroid dienone is 2. The third-order valence-corrected chi connectivity index (χ3v) is 14.7. The fourth-order valence-corrected chi connectivity index (χ4v) is 11.8. The van der Waals surface area contributed by atoms with Crippen LogP contribution in [0.5, 0.6) is 11.5 Å². The number of carbonyl (C=O) groups excluding carboxylic acids is 1. The van der Waals surface area contributed by atoms with Gasteiger partial charge in [-0.2, -0.15) is 0 Å². The molecule has 3 unspecified atom stereocenters. The number of aliphatic carboxylic acids is 1. The van der Waals surface area contributed by atoms with Crippen molar-refractivity contribution < 1.29 is 29.6 Å². The summed E-state index contributed by atoms with van der Waals surface area (Å²) in [4.78, 5) is 25.9. The van der Waals surface area contributed by atoms with Gasteiger partial charge in [-0.15, -0.1) is 0 Å². The van der Waals surface area contributed by atoms with Crippen molar-refractivity contribution in [2.75, 3.05) is 0 Å². The van der Waals surface area contributed by atoms with E-state index in [-0.39, 0.29) is 56.6 Å². The number of ether oxygens (including phenoxy) is 1. The summed E-state index contributed by atoms with van der Waals surface area (Å²) >= 11 is 0. The van der Waals surface area contributed by atoms with E-state index in [1.54, 1.807) is 12.1 Å². The molecule has 8 atom stereocenters. The van der Waals surface area contributed by atoms with Gasteiger partial charge in [0.1, 0.15) is 6.10 Å². The first-order valence-corrected chi connectivity index (χ1v) is 17.2. The molecule has 4 saturated carbocycles. The van der Waals surface area contributed by atoms with Gasteiger partial charge in [0.25, 0.3) is 0 Å². The van der Waals surface area contributed by atoms with Crippen molar-refractivity contribution >= 4 is 18.0 Å². The highest BCUT2D eigenvalue weighted by molar-refractivity contribution is 5.87. The van der Waals surface area contributed by atoms with Crippen LogP contribution in [0.2, 0.25) is 0 Å². The predicted molar refractivity (Wildman–Crippen MR) is 175 cm³/mol. The summed E-state index contributed by atoms with van der Waals surface area (Å²) in [5.74, 6) is -0.379. The van der Waals surface area contributed by atoms with Gasteiger partial charge in [0, 0.05) is 11.5 Å². The summed E-state index contributed by atoms with van der Waals surface area (Å²) in [6, 6.07) is 4.46. The largest absolute Gasteiger partial charge is 0.504 e. The molecule has 0 radical (unpaired) electrons. The van der Waals surface area contributed by atoms with E-state index in [9.17, 15) is 24.9 Å². The number of benzene rings is 1. The lowest BCUT2D eigenvalue weighted by Gasteiger charge is -2.71. The number of carboxylic acids is 1. The highest BCUT2D eigenvalue weighted by Crippen LogP contribution is 2.75. The van der Waals surface area contributed by atoms with Crippen molar-refractivity contribution in [1.29, 1.82) is 0 Å². The number of rotatable bonds is 4. The number of hydrogen-bond acceptors (Lipinski definition) is 5. The molecule has 1 aromatic rings. The topological polar surface area (TPSA) is 104 Å². The van der Waals surface area contributed by atoms with E-state index in [4.69, 9.17) is 4.74 Å². The van der Waals surface area contributed by atoms with E-state index in [1.165, 1.54) is 23.8 Å². The quantitative estimate of drug-likeness (QED) is 0.135. The third kappa shape index (κ3) is 4.70. The molecule has 0 aromatic heterocycles. The zero-order valence-electron chi connectivity index (χ0n) is 28.4. The van der Waals surface area contributed by atoms with E-state index < -0.39 is 11.4 Å². The molecule has 6 rings (SSSR count). The molecule has 6 heteroatoms. The monoisotopic (exact) mass is 618 g/mol. The van der Waals surface area contributed by atoms with Crippen molar-refractivity contribution in [3.8, 4) is 11.5 Å². The Morgan fingerprint density at radius 3 is 2.27 bits per heavy atom. The number of carboxylic acid groups (broad SMARTS) is 1. The fraction of sp³-hybridized carbons (Fsp3) is 0.692. The maximum absolute atomic E-state index is 13.0. The first-order valence-electron chi connectivity index (χ1n) is 17.2. The molecule has 45 heavy (non-hydrogen) atoms. The number of carbonyl (C=O) groups is 2. The van der Waals surface area contributed by atoms with Gasteiger partial charge < -0.3 is 20.1 Å². The van der Waals surface area contributed by atoms with Gasteiger partial charge in [0.15, 0.2) is 11.5 Å². The number of fused-ring (bicyclic) bond motifs is 7. The lowest BCUT2D eigenvalue weighted by molar-refractivity contribution is -0.212. The van der Waals surface area contributed by atoms with Crippen molar-refractivity contribution in [3.63, 3.8) is 0 Å². The van der Waals surface area contributed by atoms with Gasteiger partial charge in [0.2, 0.25) is 0 Å². The van der Waals surface area contributed by atoms with Gasteiger partial charge in [-0.05, 0) is 127 Å². The molecular weight excluding hydrogens is 564 g/mol. The Balaban J connectivity index is 1.25. The summed E-state index contributed by atoms with van der Waals surface area (Å²) in [7, 11) is 0. The van der Waals surface area contributed by atoms with Crippen molar-refractivity contribution in [2.45, 2.75) is 119 Å². The highest BCUT2D eigenvalue weighted by atomic mass is 16.5. The van der Waals surface area contributed by atoms with Crippen molar-refractivity contribution in [1.82, 2.24) is 0 Å². The third-order valence-electron chi connectivity index (χ3n) is 14.7. The van der Waals surface area contributed by atoms with Crippen LogP contribution in [0.25, 0.3) is 6.08 Å². The Morgan fingerprint density at radius 2 is 1.58 bits per heavy atom. The molecule has 0 aliphatic heterocycles. The van der Waals surface area contributed by atoms with Gasteiger partial charge in [-0.3, -0.25) is 4.79 Å². The van der Waals surface area contributed by atoms with Crippen molar-refractivity contribution in [3.05, 3.63) is 41.5 Å². The number of esters is 1. The first-order chi connectivity index (χ1) is 20.9. The molecule has 0 spiro atoms. The van der Waals surface area contributed by atoms with Crippen LogP contribution in [0, 0.1) is 50.2 Å². The number of aromatic hydroxyl groups is 2. The lowest BCUT2D eigenvalue weighted by Crippen LogP contribution is -2.65. The molecule has 5 aliphatic carbocycles. The second kappa shape index (κ2) is 10.4. The van der Waals surface area contributed by atoms with Crippen LogP contribution >= 0.6 is 0 Å². The highest BCUT2D eigenvalue weighted by Gasteiger charge is 2.69. The Labute approximate surface area is 269 Å². The Bertz CT molecular complexity index is 1450. The summed E-state index contributed by atoms with van der Waals surface area (Å²) < 4.78 is 6.15. The van der Waals surface area contributed by atoms with E-state index in [1.807, 2.05) is 0 Å². The molecule has 0 amide bonds. The Morgan fingerprint density at radius 1 is 0.867 bits per heavy atom. The second-order valence-electron chi connectivity index (χ2n) is 17.5. The molecule has 5 aliphatic rings. The zero-order chi connectivity index (χ0) is 32.8. The number of phenols is 2. The van der Waals surface area contributed by atoms with Crippen LogP contribution in [-0.4, -0.2) is 33.4 Å². The van der Waals surface area contributed by atoms with E-state index in [2.05, 4.69) is 54.5 Å². The normalized spacial score (nSPS) is 41.5. The van der Waals surface area contributed by atoms with Crippen molar-refractivity contribution in [2.24, 2.45) is 50.2 Å². The molecule has 0 bridgehead atoms. The average Bonchev–Trinajstić information content (AvgIpc) is 2.95. The van der Waals surface area contributed by atoms with Gasteiger partial charge in [-0.25, -0.2) is 4.79 Å². The summed E-state index contributed by atoms with van der Waals surface area (Å²) in [5.41, 5.74) is 1.59. The lowest BCUT2D eigenvalue weighted by atomic mass is 9.33. The molecule has 0 saturated heterocycles. The van der Waals surface area contributed by atoms with Crippen LogP contribution in [0.1, 0.15) is 118 Å². The minimum atomic E-state index is -0.619. The Kier molecular flexibility index (Phi) is 7.42.